The van der Waals surface area contributed by atoms with Gasteiger partial charge in [-0.05, 0) is 51.4 Å². The van der Waals surface area contributed by atoms with Gasteiger partial charge in [0, 0.05) is 19.3 Å². The number of hydrogen-bond donors (Lipinski definition) is 0. The molecule has 0 amide bonds. The summed E-state index contributed by atoms with van der Waals surface area (Å²) < 4.78 is 16.8. The topological polar surface area (TPSA) is 78.9 Å². The molecule has 0 aliphatic heterocycles. The summed E-state index contributed by atoms with van der Waals surface area (Å²) in [4.78, 5) is 38.1. The van der Waals surface area contributed by atoms with Crippen LogP contribution in [0.15, 0.2) is 60.8 Å². The molecule has 6 nitrogen and oxygen atoms in total. The van der Waals surface area contributed by atoms with E-state index < -0.39 is 6.10 Å². The number of carbonyl (C=O) groups is 3. The fraction of sp³-hybridized carbons (Fsp3) is 0.780. The zero-order valence-corrected chi connectivity index (χ0v) is 43.0. The highest BCUT2D eigenvalue weighted by atomic mass is 16.6. The lowest BCUT2D eigenvalue weighted by Gasteiger charge is -2.18. The summed E-state index contributed by atoms with van der Waals surface area (Å²) in [7, 11) is 0. The van der Waals surface area contributed by atoms with Crippen molar-refractivity contribution < 1.29 is 28.6 Å². The number of rotatable bonds is 50. The van der Waals surface area contributed by atoms with E-state index in [-0.39, 0.29) is 37.5 Å². The van der Waals surface area contributed by atoms with Crippen LogP contribution in [0.5, 0.6) is 0 Å². The molecule has 0 aromatic carbocycles. The fourth-order valence-corrected chi connectivity index (χ4v) is 7.90. The van der Waals surface area contributed by atoms with Gasteiger partial charge in [-0.15, -0.1) is 0 Å². The third-order valence-corrected chi connectivity index (χ3v) is 12.1. The summed E-state index contributed by atoms with van der Waals surface area (Å²) in [6.07, 6.45) is 66.5. The molecule has 0 spiro atoms. The van der Waals surface area contributed by atoms with Gasteiger partial charge in [0.15, 0.2) is 6.10 Å². The van der Waals surface area contributed by atoms with Gasteiger partial charge in [0.25, 0.3) is 0 Å². The molecular weight excluding hydrogens is 805 g/mol. The van der Waals surface area contributed by atoms with Crippen LogP contribution in [0, 0.1) is 0 Å². The van der Waals surface area contributed by atoms with E-state index in [2.05, 4.69) is 75.5 Å². The van der Waals surface area contributed by atoms with Crippen molar-refractivity contribution in [2.75, 3.05) is 13.2 Å². The molecule has 0 saturated carbocycles. The van der Waals surface area contributed by atoms with Crippen LogP contribution in [0.2, 0.25) is 0 Å². The van der Waals surface area contributed by atoms with Gasteiger partial charge >= 0.3 is 17.9 Å². The summed E-state index contributed by atoms with van der Waals surface area (Å²) in [6.45, 7) is 6.49. The van der Waals surface area contributed by atoms with Crippen molar-refractivity contribution in [3.8, 4) is 0 Å². The molecule has 0 heterocycles. The number of allylic oxidation sites excluding steroid dienone is 10. The minimum Gasteiger partial charge on any atom is -0.462 e. The SMILES string of the molecule is CC/C=C\C/C=C\C/C=C\C/C=C\C/C=C\CCC(=O)OCC(COC(=O)CCCCCCCCCCCCCCCCC)OC(=O)CCCCCCCCCCCCCCCCCC. The highest BCUT2D eigenvalue weighted by molar-refractivity contribution is 5.71. The lowest BCUT2D eigenvalue weighted by molar-refractivity contribution is -0.166. The minimum absolute atomic E-state index is 0.0929. The van der Waals surface area contributed by atoms with E-state index in [1.807, 2.05) is 6.08 Å². The van der Waals surface area contributed by atoms with Crippen molar-refractivity contribution in [3.05, 3.63) is 60.8 Å². The summed E-state index contributed by atoms with van der Waals surface area (Å²) in [5, 5.41) is 0. The molecule has 65 heavy (non-hydrogen) atoms. The largest absolute Gasteiger partial charge is 0.462 e. The average Bonchev–Trinajstić information content (AvgIpc) is 3.30. The van der Waals surface area contributed by atoms with Crippen molar-refractivity contribution in [2.24, 2.45) is 0 Å². The Kier molecular flexibility index (Phi) is 51.3. The Morgan fingerprint density at radius 2 is 0.600 bits per heavy atom. The number of ether oxygens (including phenoxy) is 3. The Bertz CT molecular complexity index is 1180. The first-order valence-electron chi connectivity index (χ1n) is 27.8. The molecule has 0 aliphatic carbocycles. The third kappa shape index (κ3) is 51.9. The monoisotopic (exact) mass is 909 g/mol. The summed E-state index contributed by atoms with van der Waals surface area (Å²) >= 11 is 0. The molecule has 0 aromatic rings. The van der Waals surface area contributed by atoms with Gasteiger partial charge in [-0.25, -0.2) is 0 Å². The Labute approximate surface area is 402 Å². The minimum atomic E-state index is -0.800. The molecule has 376 valence electrons. The van der Waals surface area contributed by atoms with Gasteiger partial charge in [-0.2, -0.15) is 0 Å². The van der Waals surface area contributed by atoms with Crippen molar-refractivity contribution in [2.45, 2.75) is 284 Å². The molecule has 0 fully saturated rings. The number of esters is 3. The molecule has 1 unspecified atom stereocenters. The maximum atomic E-state index is 12.8. The molecule has 0 N–H and O–H groups in total. The lowest BCUT2D eigenvalue weighted by atomic mass is 10.0. The van der Waals surface area contributed by atoms with Crippen molar-refractivity contribution in [3.63, 3.8) is 0 Å². The van der Waals surface area contributed by atoms with Gasteiger partial charge < -0.3 is 14.2 Å². The molecule has 0 aromatic heterocycles. The highest BCUT2D eigenvalue weighted by Gasteiger charge is 2.19. The predicted molar refractivity (Wildman–Crippen MR) is 279 cm³/mol. The van der Waals surface area contributed by atoms with E-state index in [0.29, 0.717) is 19.3 Å². The Hall–Kier alpha value is -2.89. The van der Waals surface area contributed by atoms with Gasteiger partial charge in [-0.1, -0.05) is 268 Å². The van der Waals surface area contributed by atoms with Crippen LogP contribution in [0.1, 0.15) is 278 Å². The van der Waals surface area contributed by atoms with Crippen molar-refractivity contribution >= 4 is 17.9 Å². The number of unbranched alkanes of at least 4 members (excludes halogenated alkanes) is 29. The molecular formula is C59H104O6. The van der Waals surface area contributed by atoms with Crippen LogP contribution < -0.4 is 0 Å². The van der Waals surface area contributed by atoms with E-state index in [9.17, 15) is 14.4 Å². The average molecular weight is 909 g/mol. The Balaban J connectivity index is 4.44. The molecule has 0 rings (SSSR count). The van der Waals surface area contributed by atoms with Gasteiger partial charge in [0.2, 0.25) is 0 Å². The highest BCUT2D eigenvalue weighted by Crippen LogP contribution is 2.16. The lowest BCUT2D eigenvalue weighted by Crippen LogP contribution is -2.30. The summed E-state index contributed by atoms with van der Waals surface area (Å²) in [6, 6.07) is 0. The first kappa shape index (κ1) is 62.1. The smallest absolute Gasteiger partial charge is 0.306 e. The number of hydrogen-bond acceptors (Lipinski definition) is 6. The second kappa shape index (κ2) is 53.7. The van der Waals surface area contributed by atoms with Crippen molar-refractivity contribution in [1.82, 2.24) is 0 Å². The van der Waals surface area contributed by atoms with E-state index in [0.717, 1.165) is 70.6 Å². The molecule has 0 saturated heterocycles. The summed E-state index contributed by atoms with van der Waals surface area (Å²) in [5.74, 6) is -0.967. The zero-order valence-electron chi connectivity index (χ0n) is 43.0. The quantitative estimate of drug-likeness (QED) is 0.0262. The van der Waals surface area contributed by atoms with Crippen LogP contribution in [-0.4, -0.2) is 37.2 Å². The first-order valence-corrected chi connectivity index (χ1v) is 27.8. The van der Waals surface area contributed by atoms with E-state index in [1.54, 1.807) is 0 Å². The second-order valence-corrected chi connectivity index (χ2v) is 18.5. The standard InChI is InChI=1S/C59H104O6/c1-4-7-10-13-16-19-22-25-28-31-34-37-40-43-46-49-52-58(61)64-55-56(54-63-57(60)51-48-45-42-39-36-33-30-27-24-21-18-15-12-9-6-3)65-59(62)53-50-47-44-41-38-35-32-29-26-23-20-17-14-11-8-5-2/h7,10,16,19,25,28,34,37,43,46,56H,4-6,8-9,11-15,17-18,20-24,26-27,29-33,35-36,38-42,44-45,47-55H2,1-3H3/b10-7-,19-16-,28-25-,37-34-,46-43-. The molecule has 0 radical (unpaired) electrons. The summed E-state index contributed by atoms with van der Waals surface area (Å²) in [5.41, 5.74) is 0. The van der Waals surface area contributed by atoms with Gasteiger partial charge in [0.1, 0.15) is 13.2 Å². The predicted octanol–water partition coefficient (Wildman–Crippen LogP) is 18.4. The van der Waals surface area contributed by atoms with Crippen LogP contribution in [0.4, 0.5) is 0 Å². The molecule has 1 atom stereocenters. The van der Waals surface area contributed by atoms with E-state index >= 15 is 0 Å². The zero-order chi connectivity index (χ0) is 47.2. The second-order valence-electron chi connectivity index (χ2n) is 18.5. The normalized spacial score (nSPS) is 12.5. The van der Waals surface area contributed by atoms with Crippen LogP contribution in [-0.2, 0) is 28.6 Å². The van der Waals surface area contributed by atoms with Gasteiger partial charge in [0.05, 0.1) is 0 Å². The third-order valence-electron chi connectivity index (χ3n) is 12.1. The Morgan fingerprint density at radius 1 is 0.323 bits per heavy atom. The maximum Gasteiger partial charge on any atom is 0.306 e. The van der Waals surface area contributed by atoms with Crippen LogP contribution in [0.25, 0.3) is 0 Å². The molecule has 6 heteroatoms. The van der Waals surface area contributed by atoms with Crippen LogP contribution >= 0.6 is 0 Å². The van der Waals surface area contributed by atoms with E-state index in [4.69, 9.17) is 14.2 Å². The first-order chi connectivity index (χ1) is 32.0. The molecule has 0 aliphatic rings. The molecule has 0 bridgehead atoms. The number of carbonyl (C=O) groups excluding carboxylic acids is 3. The fourth-order valence-electron chi connectivity index (χ4n) is 7.90. The van der Waals surface area contributed by atoms with Crippen LogP contribution in [0.3, 0.4) is 0 Å². The van der Waals surface area contributed by atoms with E-state index in [1.165, 1.54) is 161 Å². The Morgan fingerprint density at radius 3 is 0.938 bits per heavy atom. The van der Waals surface area contributed by atoms with Gasteiger partial charge in [-0.3, -0.25) is 14.4 Å². The van der Waals surface area contributed by atoms with Crippen molar-refractivity contribution in [1.29, 1.82) is 0 Å². The maximum absolute atomic E-state index is 12.8.